The lowest BCUT2D eigenvalue weighted by molar-refractivity contribution is 0.0974. The Morgan fingerprint density at radius 1 is 1.44 bits per heavy atom. The Balaban J connectivity index is 2.59. The molecule has 0 unspecified atom stereocenters. The number of hydrogen-bond acceptors (Lipinski definition) is 1. The van der Waals surface area contributed by atoms with Crippen molar-refractivity contribution in [2.75, 3.05) is 0 Å². The molecule has 0 bridgehead atoms. The zero-order valence-corrected chi connectivity index (χ0v) is 11.2. The van der Waals surface area contributed by atoms with Gasteiger partial charge in [-0.15, -0.1) is 0 Å². The third-order valence-corrected chi connectivity index (χ3v) is 2.91. The zero-order valence-electron chi connectivity index (χ0n) is 9.59. The molecule has 1 rings (SSSR count). The van der Waals surface area contributed by atoms with Crippen molar-refractivity contribution in [1.82, 2.24) is 0 Å². The van der Waals surface area contributed by atoms with E-state index in [0.29, 0.717) is 16.8 Å². The topological polar surface area (TPSA) is 17.1 Å². The highest BCUT2D eigenvalue weighted by Crippen LogP contribution is 2.18. The van der Waals surface area contributed by atoms with Crippen molar-refractivity contribution in [2.24, 2.45) is 5.92 Å². The monoisotopic (exact) mass is 286 g/mol. The third kappa shape index (κ3) is 4.05. The van der Waals surface area contributed by atoms with Crippen molar-refractivity contribution in [3.05, 3.63) is 34.1 Å². The van der Waals surface area contributed by atoms with E-state index < -0.39 is 5.82 Å². The van der Waals surface area contributed by atoms with Crippen LogP contribution < -0.4 is 0 Å². The predicted octanol–water partition coefficient (Wildman–Crippen LogP) is 4.60. The van der Waals surface area contributed by atoms with Crippen molar-refractivity contribution in [3.63, 3.8) is 0 Å². The zero-order chi connectivity index (χ0) is 12.1. The summed E-state index contributed by atoms with van der Waals surface area (Å²) in [5.41, 5.74) is 0.201. The van der Waals surface area contributed by atoms with E-state index in [4.69, 9.17) is 0 Å². The fourth-order valence-corrected chi connectivity index (χ4v) is 1.85. The van der Waals surface area contributed by atoms with Gasteiger partial charge in [0, 0.05) is 10.9 Å². The average molecular weight is 287 g/mol. The summed E-state index contributed by atoms with van der Waals surface area (Å²) in [6.45, 7) is 4.23. The van der Waals surface area contributed by atoms with Gasteiger partial charge in [-0.1, -0.05) is 36.2 Å². The normalized spacial score (nSPS) is 10.8. The minimum Gasteiger partial charge on any atom is -0.294 e. The Bertz CT molecular complexity index is 374. The molecule has 0 aliphatic carbocycles. The van der Waals surface area contributed by atoms with Gasteiger partial charge in [0.2, 0.25) is 0 Å². The third-order valence-electron chi connectivity index (χ3n) is 2.42. The van der Waals surface area contributed by atoms with Gasteiger partial charge in [-0.3, -0.25) is 4.79 Å². The van der Waals surface area contributed by atoms with E-state index in [-0.39, 0.29) is 11.3 Å². The molecule has 0 aromatic heterocycles. The predicted molar refractivity (Wildman–Crippen MR) is 67.1 cm³/mol. The Morgan fingerprint density at radius 2 is 2.12 bits per heavy atom. The molecular weight excluding hydrogens is 271 g/mol. The molecule has 1 aromatic carbocycles. The molecule has 1 nitrogen and oxygen atoms in total. The number of carbonyl (C=O) groups is 1. The highest BCUT2D eigenvalue weighted by Gasteiger charge is 2.11. The summed E-state index contributed by atoms with van der Waals surface area (Å²) >= 11 is 3.17. The summed E-state index contributed by atoms with van der Waals surface area (Å²) < 4.78 is 14.1. The van der Waals surface area contributed by atoms with Gasteiger partial charge in [-0.2, -0.15) is 0 Å². The van der Waals surface area contributed by atoms with Crippen LogP contribution in [0.3, 0.4) is 0 Å². The van der Waals surface area contributed by atoms with E-state index in [1.807, 2.05) is 0 Å². The number of benzene rings is 1. The molecule has 0 N–H and O–H groups in total. The first-order chi connectivity index (χ1) is 7.50. The molecule has 0 amide bonds. The lowest BCUT2D eigenvalue weighted by Gasteiger charge is -2.05. The first-order valence-electron chi connectivity index (χ1n) is 5.49. The van der Waals surface area contributed by atoms with Crippen LogP contribution in [0.15, 0.2) is 22.7 Å². The van der Waals surface area contributed by atoms with Crippen molar-refractivity contribution in [1.29, 1.82) is 0 Å². The molecule has 0 aliphatic heterocycles. The van der Waals surface area contributed by atoms with Gasteiger partial charge in [-0.05, 0) is 30.5 Å². The summed E-state index contributed by atoms with van der Waals surface area (Å²) in [5.74, 6) is 0.0390. The SMILES string of the molecule is CC(C)CCCC(=O)c1ccc(Br)cc1F. The fourth-order valence-electron chi connectivity index (χ4n) is 1.52. The van der Waals surface area contributed by atoms with Crippen LogP contribution in [0.1, 0.15) is 43.5 Å². The second-order valence-electron chi connectivity index (χ2n) is 4.33. The Hall–Kier alpha value is -0.700. The van der Waals surface area contributed by atoms with E-state index in [0.717, 1.165) is 12.8 Å². The van der Waals surface area contributed by atoms with Crippen molar-refractivity contribution in [2.45, 2.75) is 33.1 Å². The number of Topliss-reactive ketones (excluding diaryl/α,β-unsaturated/α-hetero) is 1. The van der Waals surface area contributed by atoms with Crippen LogP contribution >= 0.6 is 15.9 Å². The summed E-state index contributed by atoms with van der Waals surface area (Å²) in [6.07, 6.45) is 2.26. The van der Waals surface area contributed by atoms with Crippen LogP contribution in [0.2, 0.25) is 0 Å². The summed E-state index contributed by atoms with van der Waals surface area (Å²) in [6, 6.07) is 4.56. The molecule has 1 aromatic rings. The molecule has 0 saturated carbocycles. The molecule has 0 aliphatic rings. The van der Waals surface area contributed by atoms with E-state index in [2.05, 4.69) is 29.8 Å². The van der Waals surface area contributed by atoms with E-state index >= 15 is 0 Å². The maximum Gasteiger partial charge on any atom is 0.165 e. The number of ketones is 1. The highest BCUT2D eigenvalue weighted by molar-refractivity contribution is 9.10. The van der Waals surface area contributed by atoms with Gasteiger partial charge in [0.1, 0.15) is 5.82 Å². The summed E-state index contributed by atoms with van der Waals surface area (Å²) in [4.78, 5) is 11.7. The highest BCUT2D eigenvalue weighted by atomic mass is 79.9. The van der Waals surface area contributed by atoms with Gasteiger partial charge >= 0.3 is 0 Å². The Kier molecular flexibility index (Phi) is 5.13. The van der Waals surface area contributed by atoms with Gasteiger partial charge in [0.25, 0.3) is 0 Å². The molecule has 0 spiro atoms. The number of halogens is 2. The van der Waals surface area contributed by atoms with Crippen LogP contribution in [0.5, 0.6) is 0 Å². The van der Waals surface area contributed by atoms with E-state index in [1.54, 1.807) is 6.07 Å². The van der Waals surface area contributed by atoms with Crippen LogP contribution in [0.25, 0.3) is 0 Å². The van der Waals surface area contributed by atoms with Crippen molar-refractivity contribution < 1.29 is 9.18 Å². The molecule has 88 valence electrons. The average Bonchev–Trinajstić information content (AvgIpc) is 2.16. The maximum absolute atomic E-state index is 13.4. The molecule has 0 atom stereocenters. The molecule has 16 heavy (non-hydrogen) atoms. The summed E-state index contributed by atoms with van der Waals surface area (Å²) in [7, 11) is 0. The first kappa shape index (κ1) is 13.4. The smallest absolute Gasteiger partial charge is 0.165 e. The molecule has 3 heteroatoms. The molecule has 0 fully saturated rings. The van der Waals surface area contributed by atoms with Crippen LogP contribution in [0, 0.1) is 11.7 Å². The number of hydrogen-bond donors (Lipinski definition) is 0. The largest absolute Gasteiger partial charge is 0.294 e. The van der Waals surface area contributed by atoms with Gasteiger partial charge in [0.05, 0.1) is 5.56 Å². The molecule has 0 saturated heterocycles. The van der Waals surface area contributed by atoms with Crippen LogP contribution in [-0.2, 0) is 0 Å². The number of rotatable bonds is 5. The summed E-state index contributed by atoms with van der Waals surface area (Å²) in [5, 5.41) is 0. The fraction of sp³-hybridized carbons (Fsp3) is 0.462. The van der Waals surface area contributed by atoms with Crippen molar-refractivity contribution >= 4 is 21.7 Å². The second-order valence-corrected chi connectivity index (χ2v) is 5.25. The van der Waals surface area contributed by atoms with Gasteiger partial charge in [0.15, 0.2) is 5.78 Å². The Labute approximate surface area is 104 Å². The molecule has 0 radical (unpaired) electrons. The first-order valence-corrected chi connectivity index (χ1v) is 6.28. The second kappa shape index (κ2) is 6.14. The lowest BCUT2D eigenvalue weighted by atomic mass is 10.0. The molecule has 0 heterocycles. The standard InChI is InChI=1S/C13H16BrFO/c1-9(2)4-3-5-13(16)11-7-6-10(14)8-12(11)15/h6-9H,3-5H2,1-2H3. The van der Waals surface area contributed by atoms with E-state index in [1.165, 1.54) is 12.1 Å². The van der Waals surface area contributed by atoms with E-state index in [9.17, 15) is 9.18 Å². The van der Waals surface area contributed by atoms with Crippen molar-refractivity contribution in [3.8, 4) is 0 Å². The molecular formula is C13H16BrFO. The van der Waals surface area contributed by atoms with Gasteiger partial charge < -0.3 is 0 Å². The van der Waals surface area contributed by atoms with Crippen LogP contribution in [-0.4, -0.2) is 5.78 Å². The minimum absolute atomic E-state index is 0.106. The quantitative estimate of drug-likeness (QED) is 0.723. The van der Waals surface area contributed by atoms with Gasteiger partial charge in [-0.25, -0.2) is 4.39 Å². The minimum atomic E-state index is -0.441. The lowest BCUT2D eigenvalue weighted by Crippen LogP contribution is -2.03. The Morgan fingerprint density at radius 3 is 2.69 bits per heavy atom. The number of carbonyl (C=O) groups excluding carboxylic acids is 1. The van der Waals surface area contributed by atoms with Crippen LogP contribution in [0.4, 0.5) is 4.39 Å². The maximum atomic E-state index is 13.4.